The third kappa shape index (κ3) is 4.39. The lowest BCUT2D eigenvalue weighted by atomic mass is 9.69. The number of nitrogens with zero attached hydrogens (tertiary/aromatic N) is 5. The maximum absolute atomic E-state index is 5.30. The molecule has 1 aliphatic carbocycles. The first-order valence-corrected chi connectivity index (χ1v) is 12.3. The summed E-state index contributed by atoms with van der Waals surface area (Å²) in [5, 5.41) is 15.2. The van der Waals surface area contributed by atoms with E-state index >= 15 is 0 Å². The van der Waals surface area contributed by atoms with Gasteiger partial charge in [0.15, 0.2) is 5.82 Å². The average Bonchev–Trinajstić information content (AvgIpc) is 3.49. The van der Waals surface area contributed by atoms with Crippen LogP contribution in [0.4, 0.5) is 0 Å². The van der Waals surface area contributed by atoms with Gasteiger partial charge in [-0.1, -0.05) is 37.5 Å². The Morgan fingerprint density at radius 1 is 1.06 bits per heavy atom. The van der Waals surface area contributed by atoms with Crippen molar-refractivity contribution in [2.24, 2.45) is 5.41 Å². The Morgan fingerprint density at radius 3 is 2.61 bits per heavy atom. The molecule has 31 heavy (non-hydrogen) atoms. The summed E-state index contributed by atoms with van der Waals surface area (Å²) in [4.78, 5) is 4.00. The number of aromatic nitrogens is 4. The quantitative estimate of drug-likeness (QED) is 0.547. The molecule has 1 spiro atoms. The summed E-state index contributed by atoms with van der Waals surface area (Å²) in [5.41, 5.74) is 1.65. The van der Waals surface area contributed by atoms with Crippen LogP contribution in [0.25, 0.3) is 0 Å². The molecule has 6 nitrogen and oxygen atoms in total. The van der Waals surface area contributed by atoms with E-state index < -0.39 is 0 Å². The van der Waals surface area contributed by atoms with Gasteiger partial charge in [-0.05, 0) is 77.2 Å². The summed E-state index contributed by atoms with van der Waals surface area (Å²) in [6.07, 6.45) is 9.55. The van der Waals surface area contributed by atoms with Gasteiger partial charge in [0.25, 0.3) is 0 Å². The van der Waals surface area contributed by atoms with Gasteiger partial charge < -0.3 is 4.74 Å². The molecule has 2 aromatic heterocycles. The lowest BCUT2D eigenvalue weighted by Crippen LogP contribution is -2.46. The van der Waals surface area contributed by atoms with Crippen LogP contribution in [0, 0.1) is 5.41 Å². The van der Waals surface area contributed by atoms with Gasteiger partial charge in [-0.15, -0.1) is 16.4 Å². The molecule has 2 aliphatic rings. The van der Waals surface area contributed by atoms with Crippen LogP contribution in [0.5, 0.6) is 5.75 Å². The van der Waals surface area contributed by atoms with E-state index in [2.05, 4.69) is 50.1 Å². The van der Waals surface area contributed by atoms with Gasteiger partial charge in [-0.3, -0.25) is 4.90 Å². The summed E-state index contributed by atoms with van der Waals surface area (Å²) >= 11 is 1.81. The Morgan fingerprint density at radius 2 is 1.87 bits per heavy atom. The second-order valence-electron chi connectivity index (χ2n) is 9.10. The Hall–Kier alpha value is -2.25. The fraction of sp³-hybridized carbons (Fsp3) is 0.542. The molecule has 164 valence electrons. The van der Waals surface area contributed by atoms with Crippen molar-refractivity contribution in [3.8, 4) is 5.75 Å². The van der Waals surface area contributed by atoms with E-state index in [4.69, 9.17) is 4.74 Å². The zero-order chi connectivity index (χ0) is 21.1. The van der Waals surface area contributed by atoms with Crippen molar-refractivity contribution in [2.75, 3.05) is 20.2 Å². The predicted molar refractivity (Wildman–Crippen MR) is 122 cm³/mol. The van der Waals surface area contributed by atoms with Crippen LogP contribution in [0.15, 0.2) is 41.8 Å². The Kier molecular flexibility index (Phi) is 6.05. The highest BCUT2D eigenvalue weighted by Crippen LogP contribution is 2.46. The zero-order valence-corrected chi connectivity index (χ0v) is 19.1. The first kappa shape index (κ1) is 20.6. The van der Waals surface area contributed by atoms with Crippen LogP contribution >= 0.6 is 11.3 Å². The molecule has 1 aromatic carbocycles. The smallest absolute Gasteiger partial charge is 0.174 e. The monoisotopic (exact) mass is 437 g/mol. The SMILES string of the molecule is COc1ccc(Cn2nnnc2[C@H](c2cccs2)N2CCCC3(CCCCC3)C2)cc1. The predicted octanol–water partition coefficient (Wildman–Crippen LogP) is 4.93. The van der Waals surface area contributed by atoms with E-state index in [9.17, 15) is 0 Å². The van der Waals surface area contributed by atoms with E-state index in [1.807, 2.05) is 28.2 Å². The second kappa shape index (κ2) is 9.09. The zero-order valence-electron chi connectivity index (χ0n) is 18.2. The Labute approximate surface area is 188 Å². The minimum Gasteiger partial charge on any atom is -0.497 e. The van der Waals surface area contributed by atoms with Gasteiger partial charge in [0.05, 0.1) is 13.7 Å². The van der Waals surface area contributed by atoms with Crippen molar-refractivity contribution in [1.29, 1.82) is 0 Å². The number of methoxy groups -OCH3 is 1. The van der Waals surface area contributed by atoms with Crippen molar-refractivity contribution in [1.82, 2.24) is 25.1 Å². The fourth-order valence-electron chi connectivity index (χ4n) is 5.52. The number of benzene rings is 1. The number of rotatable bonds is 6. The summed E-state index contributed by atoms with van der Waals surface area (Å²) < 4.78 is 7.28. The minimum atomic E-state index is 0.118. The number of ether oxygens (including phenoxy) is 1. The number of likely N-dealkylation sites (tertiary alicyclic amines) is 1. The summed E-state index contributed by atoms with van der Waals surface area (Å²) in [6, 6.07) is 12.7. The number of hydrogen-bond donors (Lipinski definition) is 0. The van der Waals surface area contributed by atoms with Crippen molar-refractivity contribution in [3.63, 3.8) is 0 Å². The molecular formula is C24H31N5OS. The molecule has 3 heterocycles. The summed E-state index contributed by atoms with van der Waals surface area (Å²) in [7, 11) is 1.69. The summed E-state index contributed by atoms with van der Waals surface area (Å²) in [6.45, 7) is 2.93. The third-order valence-electron chi connectivity index (χ3n) is 7.08. The van der Waals surface area contributed by atoms with Crippen LogP contribution in [0.3, 0.4) is 0 Å². The van der Waals surface area contributed by atoms with Gasteiger partial charge in [0.1, 0.15) is 11.8 Å². The van der Waals surface area contributed by atoms with Gasteiger partial charge >= 0.3 is 0 Å². The van der Waals surface area contributed by atoms with E-state index in [1.165, 1.54) is 55.4 Å². The van der Waals surface area contributed by atoms with E-state index in [0.29, 0.717) is 12.0 Å². The second-order valence-corrected chi connectivity index (χ2v) is 10.1. The largest absolute Gasteiger partial charge is 0.497 e. The number of hydrogen-bond acceptors (Lipinski definition) is 6. The molecule has 7 heteroatoms. The lowest BCUT2D eigenvalue weighted by Gasteiger charge is -2.47. The van der Waals surface area contributed by atoms with Crippen molar-refractivity contribution in [3.05, 3.63) is 58.0 Å². The first-order valence-electron chi connectivity index (χ1n) is 11.4. The van der Waals surface area contributed by atoms with Crippen molar-refractivity contribution in [2.45, 2.75) is 57.5 Å². The molecule has 1 saturated carbocycles. The molecule has 0 bridgehead atoms. The molecular weight excluding hydrogens is 406 g/mol. The molecule has 2 fully saturated rings. The van der Waals surface area contributed by atoms with E-state index in [0.717, 1.165) is 24.7 Å². The van der Waals surface area contributed by atoms with Crippen LogP contribution in [0.1, 0.15) is 67.3 Å². The Bertz CT molecular complexity index is 957. The highest BCUT2D eigenvalue weighted by atomic mass is 32.1. The topological polar surface area (TPSA) is 56.1 Å². The van der Waals surface area contributed by atoms with Crippen molar-refractivity contribution >= 4 is 11.3 Å². The van der Waals surface area contributed by atoms with Gasteiger partial charge in [-0.25, -0.2) is 4.68 Å². The van der Waals surface area contributed by atoms with Crippen molar-refractivity contribution < 1.29 is 4.74 Å². The molecule has 0 unspecified atom stereocenters. The van der Waals surface area contributed by atoms with Crippen LogP contribution in [-0.4, -0.2) is 45.3 Å². The number of piperidine rings is 1. The molecule has 5 rings (SSSR count). The van der Waals surface area contributed by atoms with Crippen LogP contribution in [-0.2, 0) is 6.54 Å². The Balaban J connectivity index is 1.44. The standard InChI is InChI=1S/C24H31N5OS/c1-30-20-10-8-19(9-11-20)17-29-23(25-26-27-29)22(21-7-5-16-31-21)28-15-6-14-24(18-28)12-3-2-4-13-24/h5,7-11,16,22H,2-4,6,12-15,17-18H2,1H3/t22-/m0/s1. The average molecular weight is 438 g/mol. The van der Waals surface area contributed by atoms with Gasteiger partial charge in [0.2, 0.25) is 0 Å². The highest BCUT2D eigenvalue weighted by molar-refractivity contribution is 7.10. The molecule has 0 N–H and O–H groups in total. The maximum Gasteiger partial charge on any atom is 0.174 e. The lowest BCUT2D eigenvalue weighted by molar-refractivity contribution is 0.0350. The molecule has 0 radical (unpaired) electrons. The fourth-order valence-corrected chi connectivity index (χ4v) is 6.37. The number of thiophene rings is 1. The van der Waals surface area contributed by atoms with E-state index in [-0.39, 0.29) is 6.04 Å². The normalized spacial score (nSPS) is 20.0. The van der Waals surface area contributed by atoms with Gasteiger partial charge in [0, 0.05) is 11.4 Å². The number of tetrazole rings is 1. The van der Waals surface area contributed by atoms with E-state index in [1.54, 1.807) is 7.11 Å². The molecule has 3 aromatic rings. The molecule has 1 saturated heterocycles. The molecule has 1 atom stereocenters. The summed E-state index contributed by atoms with van der Waals surface area (Å²) in [5.74, 6) is 1.81. The third-order valence-corrected chi connectivity index (χ3v) is 8.00. The van der Waals surface area contributed by atoms with Crippen LogP contribution in [0.2, 0.25) is 0 Å². The van der Waals surface area contributed by atoms with Crippen LogP contribution < -0.4 is 4.74 Å². The van der Waals surface area contributed by atoms with Gasteiger partial charge in [-0.2, -0.15) is 0 Å². The highest BCUT2D eigenvalue weighted by Gasteiger charge is 2.40. The molecule has 1 aliphatic heterocycles. The maximum atomic E-state index is 5.30. The first-order chi connectivity index (χ1) is 15.3. The molecule has 0 amide bonds. The minimum absolute atomic E-state index is 0.118.